The van der Waals surface area contributed by atoms with E-state index < -0.39 is 0 Å². The lowest BCUT2D eigenvalue weighted by Crippen LogP contribution is -2.02. The van der Waals surface area contributed by atoms with Crippen LogP contribution in [0.2, 0.25) is 0 Å². The van der Waals surface area contributed by atoms with E-state index in [1.54, 1.807) is 14.2 Å². The van der Waals surface area contributed by atoms with E-state index in [1.165, 1.54) is 0 Å². The number of hydrogen-bond acceptors (Lipinski definition) is 3. The van der Waals surface area contributed by atoms with Crippen molar-refractivity contribution in [2.24, 2.45) is 4.99 Å². The van der Waals surface area contributed by atoms with Gasteiger partial charge in [0.05, 0.1) is 19.9 Å². The summed E-state index contributed by atoms with van der Waals surface area (Å²) in [6.07, 6.45) is 2.22. The molecule has 0 aromatic heterocycles. The number of methoxy groups -OCH3 is 2. The summed E-state index contributed by atoms with van der Waals surface area (Å²) < 4.78 is 10.9. The fourth-order valence-corrected chi connectivity index (χ4v) is 3.75. The van der Waals surface area contributed by atoms with Crippen molar-refractivity contribution < 1.29 is 9.47 Å². The normalized spacial score (nSPS) is 11.8. The van der Waals surface area contributed by atoms with Crippen LogP contribution in [-0.4, -0.2) is 19.9 Å². The lowest BCUT2D eigenvalue weighted by Gasteiger charge is -2.16. The van der Waals surface area contributed by atoms with Crippen LogP contribution in [0.4, 0.5) is 5.69 Å². The molecule has 0 aliphatic rings. The first-order chi connectivity index (χ1) is 16.2. The summed E-state index contributed by atoms with van der Waals surface area (Å²) in [5, 5.41) is 0. The van der Waals surface area contributed by atoms with Crippen molar-refractivity contribution in [3.63, 3.8) is 0 Å². The Morgan fingerprint density at radius 2 is 1.27 bits per heavy atom. The molecule has 0 spiro atoms. The molecular weight excluding hydrogens is 406 g/mol. The Bertz CT molecular complexity index is 1260. The summed E-state index contributed by atoms with van der Waals surface area (Å²) in [5.41, 5.74) is 7.30. The number of ether oxygens (including phenoxy) is 2. The maximum Gasteiger partial charge on any atom is 0.119 e. The van der Waals surface area contributed by atoms with Gasteiger partial charge in [0.25, 0.3) is 0 Å². The lowest BCUT2D eigenvalue weighted by molar-refractivity contribution is 0.414. The van der Waals surface area contributed by atoms with Gasteiger partial charge >= 0.3 is 0 Å². The van der Waals surface area contributed by atoms with Gasteiger partial charge in [-0.15, -0.1) is 0 Å². The summed E-state index contributed by atoms with van der Waals surface area (Å²) in [5.74, 6) is 1.62. The van der Waals surface area contributed by atoms with E-state index in [2.05, 4.69) is 66.7 Å². The van der Waals surface area contributed by atoms with Gasteiger partial charge in [0.2, 0.25) is 0 Å². The molecule has 4 aromatic carbocycles. The van der Waals surface area contributed by atoms with Crippen molar-refractivity contribution in [2.75, 3.05) is 14.2 Å². The predicted molar refractivity (Wildman–Crippen MR) is 138 cm³/mol. The molecule has 33 heavy (non-hydrogen) atoms. The Hall–Kier alpha value is -4.11. The van der Waals surface area contributed by atoms with Crippen molar-refractivity contribution in [2.45, 2.75) is 6.92 Å². The van der Waals surface area contributed by atoms with Crippen molar-refractivity contribution in [3.8, 4) is 11.5 Å². The molecule has 0 atom stereocenters. The fourth-order valence-electron chi connectivity index (χ4n) is 3.75. The first kappa shape index (κ1) is 22.1. The summed E-state index contributed by atoms with van der Waals surface area (Å²) in [7, 11) is 3.36. The maximum absolute atomic E-state index is 5.59. The second kappa shape index (κ2) is 10.5. The Morgan fingerprint density at radius 3 is 1.91 bits per heavy atom. The van der Waals surface area contributed by atoms with Gasteiger partial charge in [-0.1, -0.05) is 60.7 Å². The molecule has 0 aliphatic carbocycles. The first-order valence-electron chi connectivity index (χ1n) is 10.9. The molecule has 0 unspecified atom stereocenters. The van der Waals surface area contributed by atoms with Crippen LogP contribution >= 0.6 is 0 Å². The zero-order valence-electron chi connectivity index (χ0n) is 19.2. The van der Waals surface area contributed by atoms with Gasteiger partial charge in [-0.3, -0.25) is 4.99 Å². The highest BCUT2D eigenvalue weighted by Crippen LogP contribution is 2.32. The Morgan fingerprint density at radius 1 is 0.667 bits per heavy atom. The van der Waals surface area contributed by atoms with Crippen LogP contribution in [0.25, 0.3) is 11.6 Å². The van der Waals surface area contributed by atoms with Crippen LogP contribution in [-0.2, 0) is 0 Å². The van der Waals surface area contributed by atoms with E-state index in [0.717, 1.165) is 50.7 Å². The molecule has 164 valence electrons. The molecule has 0 amide bonds. The van der Waals surface area contributed by atoms with Crippen LogP contribution in [0.1, 0.15) is 29.2 Å². The van der Waals surface area contributed by atoms with Gasteiger partial charge < -0.3 is 9.47 Å². The number of hydrogen-bond donors (Lipinski definition) is 0. The van der Waals surface area contributed by atoms with Gasteiger partial charge in [-0.25, -0.2) is 0 Å². The third-order valence-electron chi connectivity index (χ3n) is 5.47. The average Bonchev–Trinajstić information content (AvgIpc) is 2.88. The topological polar surface area (TPSA) is 30.8 Å². The Kier molecular flexibility index (Phi) is 7.01. The van der Waals surface area contributed by atoms with E-state index >= 15 is 0 Å². The number of aliphatic imine (C=N–C) groups is 1. The van der Waals surface area contributed by atoms with E-state index in [9.17, 15) is 0 Å². The summed E-state index contributed by atoms with van der Waals surface area (Å²) >= 11 is 0. The fraction of sp³-hybridized carbons (Fsp3) is 0.100. The van der Waals surface area contributed by atoms with Crippen LogP contribution in [0.15, 0.2) is 108 Å². The molecule has 0 radical (unpaired) electrons. The third kappa shape index (κ3) is 5.39. The van der Waals surface area contributed by atoms with Gasteiger partial charge in [0.1, 0.15) is 11.5 Å². The summed E-state index contributed by atoms with van der Waals surface area (Å²) in [4.78, 5) is 4.90. The minimum absolute atomic E-state index is 0.806. The highest BCUT2D eigenvalue weighted by Gasteiger charge is 2.14. The summed E-state index contributed by atoms with van der Waals surface area (Å²) in [6.45, 7) is 2.04. The predicted octanol–water partition coefficient (Wildman–Crippen LogP) is 7.43. The SMILES string of the molecule is COc1ccc(N=C(C)c2ccc(OC)cc2/C(=C\c2ccccc2)c2ccccc2)cc1. The smallest absolute Gasteiger partial charge is 0.119 e. The average molecular weight is 434 g/mol. The molecule has 0 fully saturated rings. The quantitative estimate of drug-likeness (QED) is 0.224. The summed E-state index contributed by atoms with van der Waals surface area (Å²) in [6, 6.07) is 34.7. The van der Waals surface area contributed by atoms with Gasteiger partial charge in [0, 0.05) is 11.3 Å². The molecule has 4 rings (SSSR count). The molecule has 4 aromatic rings. The molecule has 0 saturated carbocycles. The zero-order chi connectivity index (χ0) is 23.0. The van der Waals surface area contributed by atoms with Crippen molar-refractivity contribution in [1.29, 1.82) is 0 Å². The van der Waals surface area contributed by atoms with Crippen molar-refractivity contribution >= 4 is 23.0 Å². The number of benzene rings is 4. The Labute approximate surface area is 195 Å². The minimum atomic E-state index is 0.806. The van der Waals surface area contributed by atoms with Gasteiger partial charge in [-0.2, -0.15) is 0 Å². The van der Waals surface area contributed by atoms with Gasteiger partial charge in [0.15, 0.2) is 0 Å². The molecule has 0 heterocycles. The van der Waals surface area contributed by atoms with Crippen molar-refractivity contribution in [3.05, 3.63) is 125 Å². The van der Waals surface area contributed by atoms with Crippen LogP contribution in [0.3, 0.4) is 0 Å². The third-order valence-corrected chi connectivity index (χ3v) is 5.47. The highest BCUT2D eigenvalue weighted by atomic mass is 16.5. The van der Waals surface area contributed by atoms with E-state index in [0.29, 0.717) is 0 Å². The second-order valence-corrected chi connectivity index (χ2v) is 7.64. The zero-order valence-corrected chi connectivity index (χ0v) is 19.2. The Balaban J connectivity index is 1.88. The number of nitrogens with zero attached hydrogens (tertiary/aromatic N) is 1. The monoisotopic (exact) mass is 433 g/mol. The molecule has 0 bridgehead atoms. The van der Waals surface area contributed by atoms with E-state index in [4.69, 9.17) is 14.5 Å². The minimum Gasteiger partial charge on any atom is -0.497 e. The van der Waals surface area contributed by atoms with Crippen LogP contribution < -0.4 is 9.47 Å². The molecule has 0 N–H and O–H groups in total. The van der Waals surface area contributed by atoms with Crippen LogP contribution in [0, 0.1) is 0 Å². The van der Waals surface area contributed by atoms with Crippen molar-refractivity contribution in [1.82, 2.24) is 0 Å². The highest BCUT2D eigenvalue weighted by molar-refractivity contribution is 6.07. The first-order valence-corrected chi connectivity index (χ1v) is 10.9. The molecule has 3 heteroatoms. The van der Waals surface area contributed by atoms with E-state index in [-0.39, 0.29) is 0 Å². The molecule has 3 nitrogen and oxygen atoms in total. The largest absolute Gasteiger partial charge is 0.497 e. The van der Waals surface area contributed by atoms with Gasteiger partial charge in [-0.05, 0) is 77.7 Å². The molecule has 0 aliphatic heterocycles. The number of rotatable bonds is 7. The molecule has 0 saturated heterocycles. The maximum atomic E-state index is 5.59. The second-order valence-electron chi connectivity index (χ2n) is 7.64. The van der Waals surface area contributed by atoms with E-state index in [1.807, 2.05) is 49.4 Å². The van der Waals surface area contributed by atoms with Crippen LogP contribution in [0.5, 0.6) is 11.5 Å². The standard InChI is InChI=1S/C30H27NO2/c1-22(31-25-14-16-26(32-2)17-15-25)28-19-18-27(33-3)21-30(28)29(24-12-8-5-9-13-24)20-23-10-6-4-7-11-23/h4-21H,1-3H3/b29-20-,31-22?. The molecular formula is C30H27NO2. The lowest BCUT2D eigenvalue weighted by atomic mass is 9.90.